The Kier molecular flexibility index (Phi) is 5.94. The molecule has 5 heteroatoms. The number of hydrogen-bond donors (Lipinski definition) is 1. The molecule has 0 saturated carbocycles. The number of carbonyl (C=O) groups is 2. The summed E-state index contributed by atoms with van der Waals surface area (Å²) < 4.78 is 0. The summed E-state index contributed by atoms with van der Waals surface area (Å²) in [6, 6.07) is 26.1. The number of carbonyl (C=O) groups excluding carboxylic acids is 2. The zero-order valence-electron chi connectivity index (χ0n) is 18.5. The second-order valence-electron chi connectivity index (χ2n) is 8.48. The standard InChI is InChI=1S/C28H27N3O2/c32-27(15-14-24-20-29-26-9-5-4-8-25(24)26)30-16-18-31(19-17-30)28(33)23-12-10-22(11-13-23)21-6-2-1-3-7-21/h1-13,20,29H,14-19H2. The van der Waals surface area contributed by atoms with Crippen LogP contribution in [0.4, 0.5) is 0 Å². The summed E-state index contributed by atoms with van der Waals surface area (Å²) in [4.78, 5) is 32.7. The van der Waals surface area contributed by atoms with E-state index in [4.69, 9.17) is 0 Å². The number of aromatic amines is 1. The van der Waals surface area contributed by atoms with E-state index in [2.05, 4.69) is 23.2 Å². The van der Waals surface area contributed by atoms with Crippen molar-refractivity contribution in [2.24, 2.45) is 0 Å². The minimum Gasteiger partial charge on any atom is -0.361 e. The summed E-state index contributed by atoms with van der Waals surface area (Å²) in [5, 5.41) is 1.18. The Balaban J connectivity index is 1.14. The number of piperazine rings is 1. The number of rotatable bonds is 5. The van der Waals surface area contributed by atoms with E-state index in [1.54, 1.807) is 0 Å². The smallest absolute Gasteiger partial charge is 0.253 e. The lowest BCUT2D eigenvalue weighted by Crippen LogP contribution is -2.50. The Bertz CT molecular complexity index is 1250. The molecule has 166 valence electrons. The maximum Gasteiger partial charge on any atom is 0.253 e. The van der Waals surface area contributed by atoms with Crippen molar-refractivity contribution in [1.29, 1.82) is 0 Å². The van der Waals surface area contributed by atoms with Gasteiger partial charge >= 0.3 is 0 Å². The molecule has 33 heavy (non-hydrogen) atoms. The van der Waals surface area contributed by atoms with E-state index in [1.807, 2.05) is 76.7 Å². The third-order valence-corrected chi connectivity index (χ3v) is 6.44. The molecule has 1 saturated heterocycles. The number of benzene rings is 3. The van der Waals surface area contributed by atoms with E-state index >= 15 is 0 Å². The quantitative estimate of drug-likeness (QED) is 0.490. The van der Waals surface area contributed by atoms with Gasteiger partial charge in [0.15, 0.2) is 0 Å². The van der Waals surface area contributed by atoms with E-state index in [-0.39, 0.29) is 11.8 Å². The van der Waals surface area contributed by atoms with Gasteiger partial charge in [0.25, 0.3) is 5.91 Å². The first-order chi connectivity index (χ1) is 16.2. The third kappa shape index (κ3) is 4.53. The SMILES string of the molecule is O=C(CCc1c[nH]c2ccccc12)N1CCN(C(=O)c2ccc(-c3ccccc3)cc2)CC1. The van der Waals surface area contributed by atoms with Crippen molar-refractivity contribution in [3.8, 4) is 11.1 Å². The van der Waals surface area contributed by atoms with Gasteiger partial charge in [0, 0.05) is 55.3 Å². The molecule has 0 unspecified atom stereocenters. The molecule has 1 N–H and O–H groups in total. The lowest BCUT2D eigenvalue weighted by atomic mass is 10.0. The molecule has 0 bridgehead atoms. The highest BCUT2D eigenvalue weighted by Crippen LogP contribution is 2.21. The van der Waals surface area contributed by atoms with Crippen LogP contribution in [0.5, 0.6) is 0 Å². The Morgan fingerprint density at radius 2 is 1.36 bits per heavy atom. The van der Waals surface area contributed by atoms with Crippen molar-refractivity contribution in [2.45, 2.75) is 12.8 Å². The number of aryl methyl sites for hydroxylation is 1. The zero-order chi connectivity index (χ0) is 22.6. The van der Waals surface area contributed by atoms with Gasteiger partial charge in [-0.3, -0.25) is 9.59 Å². The van der Waals surface area contributed by atoms with E-state index < -0.39 is 0 Å². The van der Waals surface area contributed by atoms with E-state index in [9.17, 15) is 9.59 Å². The predicted octanol–water partition coefficient (Wildman–Crippen LogP) is 4.75. The minimum absolute atomic E-state index is 0.0282. The molecule has 2 heterocycles. The van der Waals surface area contributed by atoms with Crippen LogP contribution < -0.4 is 0 Å². The maximum absolute atomic E-state index is 12.9. The molecule has 0 spiro atoms. The van der Waals surface area contributed by atoms with Gasteiger partial charge in [-0.2, -0.15) is 0 Å². The molecule has 0 atom stereocenters. The van der Waals surface area contributed by atoms with Crippen LogP contribution in [-0.2, 0) is 11.2 Å². The van der Waals surface area contributed by atoms with Crippen LogP contribution >= 0.6 is 0 Å². The number of fused-ring (bicyclic) bond motifs is 1. The highest BCUT2D eigenvalue weighted by molar-refractivity contribution is 5.95. The van der Waals surface area contributed by atoms with E-state index in [1.165, 1.54) is 10.9 Å². The first-order valence-corrected chi connectivity index (χ1v) is 11.5. The Morgan fingerprint density at radius 3 is 2.12 bits per heavy atom. The summed E-state index contributed by atoms with van der Waals surface area (Å²) in [7, 11) is 0. The molecule has 1 aliphatic heterocycles. The fourth-order valence-electron chi connectivity index (χ4n) is 4.52. The van der Waals surface area contributed by atoms with E-state index in [0.29, 0.717) is 38.2 Å². The Morgan fingerprint density at radius 1 is 0.727 bits per heavy atom. The average Bonchev–Trinajstić information content (AvgIpc) is 3.31. The summed E-state index contributed by atoms with van der Waals surface area (Å²) in [5.41, 5.74) is 5.19. The fourth-order valence-corrected chi connectivity index (χ4v) is 4.52. The molecule has 3 aromatic carbocycles. The van der Waals surface area contributed by atoms with Gasteiger partial charge in [0.05, 0.1) is 0 Å². The molecule has 4 aromatic rings. The number of amides is 2. The highest BCUT2D eigenvalue weighted by Gasteiger charge is 2.24. The monoisotopic (exact) mass is 437 g/mol. The molecule has 2 amide bonds. The largest absolute Gasteiger partial charge is 0.361 e. The lowest BCUT2D eigenvalue weighted by Gasteiger charge is -2.35. The van der Waals surface area contributed by atoms with E-state index in [0.717, 1.165) is 23.1 Å². The molecule has 5 rings (SSSR count). The molecular weight excluding hydrogens is 410 g/mol. The van der Waals surface area contributed by atoms with Crippen LogP contribution in [0.2, 0.25) is 0 Å². The van der Waals surface area contributed by atoms with Crippen LogP contribution in [0, 0.1) is 0 Å². The van der Waals surface area contributed by atoms with Gasteiger partial charge in [-0.05, 0) is 41.3 Å². The molecule has 5 nitrogen and oxygen atoms in total. The third-order valence-electron chi connectivity index (χ3n) is 6.44. The number of hydrogen-bond acceptors (Lipinski definition) is 2. The number of aromatic nitrogens is 1. The molecule has 1 aromatic heterocycles. The van der Waals surface area contributed by atoms with Crippen LogP contribution in [0.15, 0.2) is 85.1 Å². The minimum atomic E-state index is 0.0282. The van der Waals surface area contributed by atoms with Crippen molar-refractivity contribution in [3.05, 3.63) is 96.2 Å². The van der Waals surface area contributed by atoms with Gasteiger partial charge < -0.3 is 14.8 Å². The Labute approximate surface area is 193 Å². The number of H-pyrrole nitrogens is 1. The van der Waals surface area contributed by atoms with Gasteiger partial charge in [-0.15, -0.1) is 0 Å². The van der Waals surface area contributed by atoms with Crippen molar-refractivity contribution < 1.29 is 9.59 Å². The molecule has 0 radical (unpaired) electrons. The number of nitrogens with zero attached hydrogens (tertiary/aromatic N) is 2. The van der Waals surface area contributed by atoms with Crippen molar-refractivity contribution in [2.75, 3.05) is 26.2 Å². The van der Waals surface area contributed by atoms with Crippen LogP contribution in [0.25, 0.3) is 22.0 Å². The van der Waals surface area contributed by atoms with Crippen molar-refractivity contribution in [1.82, 2.24) is 14.8 Å². The summed E-state index contributed by atoms with van der Waals surface area (Å²) in [6.45, 7) is 2.30. The maximum atomic E-state index is 12.9. The first-order valence-electron chi connectivity index (χ1n) is 11.5. The lowest BCUT2D eigenvalue weighted by molar-refractivity contribution is -0.132. The summed E-state index contributed by atoms with van der Waals surface area (Å²) in [6.07, 6.45) is 3.20. The normalized spacial score (nSPS) is 13.9. The van der Waals surface area contributed by atoms with Crippen molar-refractivity contribution in [3.63, 3.8) is 0 Å². The first kappa shape index (κ1) is 21.0. The molecule has 0 aliphatic carbocycles. The molecular formula is C28H27N3O2. The van der Waals surface area contributed by atoms with Gasteiger partial charge in [0.2, 0.25) is 5.91 Å². The topological polar surface area (TPSA) is 56.4 Å². The van der Waals surface area contributed by atoms with Crippen LogP contribution in [0.1, 0.15) is 22.3 Å². The van der Waals surface area contributed by atoms with Crippen LogP contribution in [0.3, 0.4) is 0 Å². The molecule has 1 aliphatic rings. The Hall–Kier alpha value is -3.86. The second-order valence-corrected chi connectivity index (χ2v) is 8.48. The van der Waals surface area contributed by atoms with Gasteiger partial charge in [-0.25, -0.2) is 0 Å². The summed E-state index contributed by atoms with van der Waals surface area (Å²) in [5.74, 6) is 0.181. The second kappa shape index (κ2) is 9.33. The highest BCUT2D eigenvalue weighted by atomic mass is 16.2. The molecule has 1 fully saturated rings. The van der Waals surface area contributed by atoms with Crippen LogP contribution in [-0.4, -0.2) is 52.8 Å². The zero-order valence-corrected chi connectivity index (χ0v) is 18.5. The average molecular weight is 438 g/mol. The van der Waals surface area contributed by atoms with Crippen molar-refractivity contribution >= 4 is 22.7 Å². The predicted molar refractivity (Wildman–Crippen MR) is 131 cm³/mol. The van der Waals surface area contributed by atoms with Gasteiger partial charge in [-0.1, -0.05) is 60.7 Å². The summed E-state index contributed by atoms with van der Waals surface area (Å²) >= 11 is 0. The number of nitrogens with one attached hydrogen (secondary N) is 1. The van der Waals surface area contributed by atoms with Gasteiger partial charge in [0.1, 0.15) is 0 Å². The fraction of sp³-hybridized carbons (Fsp3) is 0.214. The number of para-hydroxylation sites is 1.